The minimum absolute atomic E-state index is 0.126. The smallest absolute Gasteiger partial charge is 0.264 e. The summed E-state index contributed by atoms with van der Waals surface area (Å²) in [5.74, 6) is 0. The zero-order valence-electron chi connectivity index (χ0n) is 9.75. The number of rotatable bonds is 6. The minimum atomic E-state index is -0.126. The topological polar surface area (TPSA) is 57.9 Å². The molecule has 0 aliphatic carbocycles. The van der Waals surface area contributed by atoms with Gasteiger partial charge in [-0.2, -0.15) is 0 Å². The third-order valence-electron chi connectivity index (χ3n) is 2.18. The van der Waals surface area contributed by atoms with Gasteiger partial charge in [-0.25, -0.2) is 0 Å². The van der Waals surface area contributed by atoms with Gasteiger partial charge in [0.2, 0.25) is 0 Å². The highest BCUT2D eigenvalue weighted by Gasteiger charge is 1.98. The molecule has 0 unspecified atom stereocenters. The summed E-state index contributed by atoms with van der Waals surface area (Å²) >= 11 is 0. The summed E-state index contributed by atoms with van der Waals surface area (Å²) in [6, 6.07) is 1.50. The van der Waals surface area contributed by atoms with E-state index in [4.69, 9.17) is 4.74 Å². The normalized spacial score (nSPS) is 12.5. The molecule has 0 saturated heterocycles. The lowest BCUT2D eigenvalue weighted by molar-refractivity contribution is 0.138. The number of hydrogen-bond donors (Lipinski definition) is 2. The third-order valence-corrected chi connectivity index (χ3v) is 2.18. The molecule has 0 saturated carbocycles. The zero-order valence-corrected chi connectivity index (χ0v) is 9.75. The van der Waals surface area contributed by atoms with Gasteiger partial charge >= 0.3 is 0 Å². The lowest BCUT2D eigenvalue weighted by Gasteiger charge is -2.04. The quantitative estimate of drug-likeness (QED) is 0.724. The number of aromatic nitrogens is 2. The van der Waals surface area contributed by atoms with Crippen molar-refractivity contribution in [2.45, 2.75) is 26.9 Å². The second-order valence-electron chi connectivity index (χ2n) is 3.48. The van der Waals surface area contributed by atoms with Crippen LogP contribution in [0.25, 0.3) is 0 Å². The van der Waals surface area contributed by atoms with Crippen molar-refractivity contribution in [2.75, 3.05) is 6.61 Å². The van der Waals surface area contributed by atoms with E-state index in [0.717, 1.165) is 12.1 Å². The van der Waals surface area contributed by atoms with Gasteiger partial charge in [-0.3, -0.25) is 15.0 Å². The van der Waals surface area contributed by atoms with Crippen LogP contribution in [0.1, 0.15) is 26.0 Å². The van der Waals surface area contributed by atoms with E-state index >= 15 is 0 Å². The Labute approximate surface area is 95.0 Å². The maximum Gasteiger partial charge on any atom is 0.264 e. The molecule has 2 N–H and O–H groups in total. The number of allylic oxidation sites excluding steroid dienone is 3. The van der Waals surface area contributed by atoms with E-state index in [1.807, 2.05) is 19.1 Å². The van der Waals surface area contributed by atoms with Crippen LogP contribution < -0.4 is 5.56 Å². The molecule has 0 atom stereocenters. The van der Waals surface area contributed by atoms with Crippen molar-refractivity contribution in [1.29, 1.82) is 0 Å². The first kappa shape index (κ1) is 12.5. The number of hydrogen-bond acceptors (Lipinski definition) is 2. The van der Waals surface area contributed by atoms with E-state index in [-0.39, 0.29) is 5.56 Å². The van der Waals surface area contributed by atoms with Gasteiger partial charge in [-0.05, 0) is 18.9 Å². The maximum atomic E-state index is 10.8. The molecular formula is C12H18N2O2. The van der Waals surface area contributed by atoms with E-state index in [0.29, 0.717) is 13.2 Å². The molecule has 0 fully saturated rings. The van der Waals surface area contributed by atoms with Crippen LogP contribution in [0.5, 0.6) is 0 Å². The highest BCUT2D eigenvalue weighted by Crippen LogP contribution is 2.03. The number of H-pyrrole nitrogens is 2. The molecule has 0 spiro atoms. The number of nitrogens with one attached hydrogen (secondary N) is 2. The van der Waals surface area contributed by atoms with Crippen molar-refractivity contribution in [2.24, 2.45) is 0 Å². The predicted molar refractivity (Wildman–Crippen MR) is 64.3 cm³/mol. The van der Waals surface area contributed by atoms with Crippen LogP contribution >= 0.6 is 0 Å². The van der Waals surface area contributed by atoms with Crippen LogP contribution in [-0.2, 0) is 11.3 Å². The van der Waals surface area contributed by atoms with Gasteiger partial charge in [0, 0.05) is 6.07 Å². The molecule has 0 aliphatic rings. The molecule has 0 aromatic carbocycles. The highest BCUT2D eigenvalue weighted by atomic mass is 16.5. The molecule has 4 nitrogen and oxygen atoms in total. The first-order chi connectivity index (χ1) is 7.76. The Morgan fingerprint density at radius 2 is 2.31 bits per heavy atom. The van der Waals surface area contributed by atoms with Gasteiger partial charge in [0.05, 0.1) is 18.9 Å². The van der Waals surface area contributed by atoms with Crippen molar-refractivity contribution < 1.29 is 4.74 Å². The van der Waals surface area contributed by atoms with Gasteiger partial charge in [-0.15, -0.1) is 0 Å². The van der Waals surface area contributed by atoms with Crippen molar-refractivity contribution in [3.63, 3.8) is 0 Å². The SMILES string of the molecule is C/C=C\C=C(/CC)COCc1cc(=O)[nH][nH]1. The monoisotopic (exact) mass is 222 g/mol. The molecular weight excluding hydrogens is 204 g/mol. The summed E-state index contributed by atoms with van der Waals surface area (Å²) in [6.07, 6.45) is 7.01. The summed E-state index contributed by atoms with van der Waals surface area (Å²) in [7, 11) is 0. The van der Waals surface area contributed by atoms with Crippen LogP contribution in [0.4, 0.5) is 0 Å². The van der Waals surface area contributed by atoms with Crippen LogP contribution in [-0.4, -0.2) is 16.8 Å². The fourth-order valence-electron chi connectivity index (χ4n) is 1.24. The lowest BCUT2D eigenvalue weighted by Crippen LogP contribution is -1.98. The summed E-state index contributed by atoms with van der Waals surface area (Å²) in [5, 5.41) is 5.21. The molecule has 1 aromatic rings. The second kappa shape index (κ2) is 6.85. The molecule has 1 heterocycles. The molecule has 0 aliphatic heterocycles. The summed E-state index contributed by atoms with van der Waals surface area (Å²) < 4.78 is 5.49. The molecule has 88 valence electrons. The van der Waals surface area contributed by atoms with Gasteiger partial charge in [0.1, 0.15) is 0 Å². The minimum Gasteiger partial charge on any atom is -0.371 e. The molecule has 1 rings (SSSR count). The van der Waals surface area contributed by atoms with Crippen LogP contribution in [0.2, 0.25) is 0 Å². The van der Waals surface area contributed by atoms with E-state index in [9.17, 15) is 4.79 Å². The Morgan fingerprint density at radius 1 is 1.50 bits per heavy atom. The summed E-state index contributed by atoms with van der Waals surface area (Å²) in [4.78, 5) is 10.8. The summed E-state index contributed by atoms with van der Waals surface area (Å²) in [6.45, 7) is 5.09. The van der Waals surface area contributed by atoms with Gasteiger partial charge in [-0.1, -0.05) is 25.2 Å². The fourth-order valence-corrected chi connectivity index (χ4v) is 1.24. The fraction of sp³-hybridized carbons (Fsp3) is 0.417. The van der Waals surface area contributed by atoms with E-state index in [1.54, 1.807) is 0 Å². The van der Waals surface area contributed by atoms with E-state index < -0.39 is 0 Å². The molecule has 0 radical (unpaired) electrons. The first-order valence-electron chi connectivity index (χ1n) is 5.41. The van der Waals surface area contributed by atoms with Gasteiger partial charge in [0.25, 0.3) is 5.56 Å². The molecule has 4 heteroatoms. The largest absolute Gasteiger partial charge is 0.371 e. The Bertz CT molecular complexity index is 413. The maximum absolute atomic E-state index is 10.8. The van der Waals surface area contributed by atoms with Gasteiger partial charge in [0.15, 0.2) is 0 Å². The van der Waals surface area contributed by atoms with Crippen molar-refractivity contribution in [3.8, 4) is 0 Å². The highest BCUT2D eigenvalue weighted by molar-refractivity contribution is 5.12. The van der Waals surface area contributed by atoms with Crippen LogP contribution in [0.15, 0.2) is 34.7 Å². The Kier molecular flexibility index (Phi) is 5.36. The van der Waals surface area contributed by atoms with Crippen molar-refractivity contribution in [3.05, 3.63) is 45.9 Å². The average Bonchev–Trinajstić information content (AvgIpc) is 2.69. The van der Waals surface area contributed by atoms with E-state index in [2.05, 4.69) is 23.2 Å². The van der Waals surface area contributed by atoms with E-state index in [1.165, 1.54) is 11.6 Å². The second-order valence-corrected chi connectivity index (χ2v) is 3.48. The van der Waals surface area contributed by atoms with Gasteiger partial charge < -0.3 is 4.74 Å². The first-order valence-corrected chi connectivity index (χ1v) is 5.41. The average molecular weight is 222 g/mol. The standard InChI is InChI=1S/C12H18N2O2/c1-3-5-6-10(4-2)8-16-9-11-7-12(15)14-13-11/h3,5-7H,4,8-9H2,1-2H3,(H2,13,14,15)/b5-3-,10-6+. The zero-order chi connectivity index (χ0) is 11.8. The van der Waals surface area contributed by atoms with Crippen LogP contribution in [0.3, 0.4) is 0 Å². The number of aromatic amines is 2. The summed E-state index contributed by atoms with van der Waals surface area (Å²) in [5.41, 5.74) is 1.88. The molecule has 0 amide bonds. The number of ether oxygens (including phenoxy) is 1. The van der Waals surface area contributed by atoms with Crippen molar-refractivity contribution in [1.82, 2.24) is 10.2 Å². The predicted octanol–water partition coefficient (Wildman–Crippen LogP) is 2.13. The van der Waals surface area contributed by atoms with Crippen LogP contribution in [0, 0.1) is 0 Å². The Balaban J connectivity index is 2.36. The Hall–Kier alpha value is -1.55. The Morgan fingerprint density at radius 3 is 2.88 bits per heavy atom. The molecule has 1 aromatic heterocycles. The molecule has 0 bridgehead atoms. The van der Waals surface area contributed by atoms with Crippen molar-refractivity contribution >= 4 is 0 Å². The lowest BCUT2D eigenvalue weighted by atomic mass is 10.2. The third kappa shape index (κ3) is 4.31. The molecule has 16 heavy (non-hydrogen) atoms.